The second-order valence-corrected chi connectivity index (χ2v) is 4.54. The molecular weight excluding hydrogens is 252 g/mol. The van der Waals surface area contributed by atoms with Gasteiger partial charge in [-0.2, -0.15) is 0 Å². The Kier molecular flexibility index (Phi) is 5.67. The van der Waals surface area contributed by atoms with Crippen molar-refractivity contribution in [3.8, 4) is 0 Å². The highest BCUT2D eigenvalue weighted by Gasteiger charge is 2.12. The molecule has 1 unspecified atom stereocenters. The maximum atomic E-state index is 11.6. The molecule has 0 saturated carbocycles. The van der Waals surface area contributed by atoms with Crippen LogP contribution in [-0.4, -0.2) is 35.8 Å². The third-order valence-corrected chi connectivity index (χ3v) is 3.12. The van der Waals surface area contributed by atoms with Crippen LogP contribution in [0.25, 0.3) is 0 Å². The Balaban J connectivity index is 2.52. The van der Waals surface area contributed by atoms with Crippen LogP contribution in [0.4, 0.5) is 5.69 Å². The molecular formula is C12H16N2O3S. The van der Waals surface area contributed by atoms with E-state index in [9.17, 15) is 9.59 Å². The number of hydrogen-bond acceptors (Lipinski definition) is 4. The molecule has 6 heteroatoms. The van der Waals surface area contributed by atoms with Crippen molar-refractivity contribution in [2.24, 2.45) is 0 Å². The van der Waals surface area contributed by atoms with Crippen LogP contribution in [0.5, 0.6) is 0 Å². The van der Waals surface area contributed by atoms with E-state index in [2.05, 4.69) is 10.6 Å². The number of aliphatic carboxylic acids is 1. The summed E-state index contributed by atoms with van der Waals surface area (Å²) in [4.78, 5) is 23.2. The molecule has 0 bridgehead atoms. The smallest absolute Gasteiger partial charge is 0.320 e. The van der Waals surface area contributed by atoms with Gasteiger partial charge in [0, 0.05) is 4.90 Å². The first-order chi connectivity index (χ1) is 8.54. The second-order valence-electron chi connectivity index (χ2n) is 3.69. The minimum atomic E-state index is -0.979. The Bertz CT molecular complexity index is 437. The number of carboxylic acids is 1. The van der Waals surface area contributed by atoms with Crippen LogP contribution < -0.4 is 10.6 Å². The van der Waals surface area contributed by atoms with Gasteiger partial charge in [-0.3, -0.25) is 14.9 Å². The average molecular weight is 268 g/mol. The average Bonchev–Trinajstić information content (AvgIpc) is 2.36. The number of hydrogen-bond donors (Lipinski definition) is 3. The van der Waals surface area contributed by atoms with Gasteiger partial charge >= 0.3 is 5.97 Å². The normalized spacial score (nSPS) is 11.9. The van der Waals surface area contributed by atoms with Gasteiger partial charge in [0.2, 0.25) is 5.91 Å². The van der Waals surface area contributed by atoms with Crippen LogP contribution in [0.2, 0.25) is 0 Å². The van der Waals surface area contributed by atoms with Gasteiger partial charge in [0.05, 0.1) is 12.2 Å². The van der Waals surface area contributed by atoms with Crippen LogP contribution >= 0.6 is 11.8 Å². The quantitative estimate of drug-likeness (QED) is 0.680. The molecule has 18 heavy (non-hydrogen) atoms. The Morgan fingerprint density at radius 2 is 2.06 bits per heavy atom. The Morgan fingerprint density at radius 3 is 2.67 bits per heavy atom. The number of carbonyl (C=O) groups is 2. The molecule has 0 radical (unpaired) electrons. The van der Waals surface area contributed by atoms with Gasteiger partial charge in [0.1, 0.15) is 6.04 Å². The minimum absolute atomic E-state index is 0.0316. The number of carboxylic acid groups (broad SMARTS) is 1. The molecule has 5 nitrogen and oxygen atoms in total. The molecule has 98 valence electrons. The number of carbonyl (C=O) groups excluding carboxylic acids is 1. The molecule has 0 fully saturated rings. The van der Waals surface area contributed by atoms with Gasteiger partial charge in [-0.1, -0.05) is 12.1 Å². The van der Waals surface area contributed by atoms with Gasteiger partial charge in [-0.15, -0.1) is 11.8 Å². The topological polar surface area (TPSA) is 78.4 Å². The number of nitrogens with one attached hydrogen (secondary N) is 2. The largest absolute Gasteiger partial charge is 0.480 e. The van der Waals surface area contributed by atoms with E-state index in [0.29, 0.717) is 0 Å². The minimum Gasteiger partial charge on any atom is -0.480 e. The van der Waals surface area contributed by atoms with E-state index >= 15 is 0 Å². The van der Waals surface area contributed by atoms with Crippen molar-refractivity contribution >= 4 is 29.3 Å². The van der Waals surface area contributed by atoms with Crippen molar-refractivity contribution in [2.45, 2.75) is 17.9 Å². The molecule has 0 aliphatic carbocycles. The third kappa shape index (κ3) is 4.38. The van der Waals surface area contributed by atoms with Crippen LogP contribution in [0, 0.1) is 0 Å². The van der Waals surface area contributed by atoms with E-state index in [1.807, 2.05) is 30.5 Å². The maximum absolute atomic E-state index is 11.6. The highest BCUT2D eigenvalue weighted by Crippen LogP contribution is 2.24. The lowest BCUT2D eigenvalue weighted by Gasteiger charge is -2.11. The predicted octanol–water partition coefficient (Wildman–Crippen LogP) is 1.41. The van der Waals surface area contributed by atoms with E-state index in [1.165, 1.54) is 18.7 Å². The fourth-order valence-corrected chi connectivity index (χ4v) is 1.83. The molecule has 0 heterocycles. The van der Waals surface area contributed by atoms with E-state index in [-0.39, 0.29) is 12.5 Å². The summed E-state index contributed by atoms with van der Waals surface area (Å²) in [6.45, 7) is 1.46. The standard InChI is InChI=1S/C12H16N2O3S/c1-8(12(16)17)13-7-11(15)14-9-5-3-4-6-10(9)18-2/h3-6,8,13H,7H2,1-2H3,(H,14,15)(H,16,17). The SMILES string of the molecule is CSc1ccccc1NC(=O)CNC(C)C(=O)O. The van der Waals surface area contributed by atoms with E-state index in [1.54, 1.807) is 0 Å². The molecule has 3 N–H and O–H groups in total. The summed E-state index contributed by atoms with van der Waals surface area (Å²) in [5.74, 6) is -1.24. The molecule has 1 aromatic carbocycles. The predicted molar refractivity (Wildman–Crippen MR) is 72.0 cm³/mol. The Morgan fingerprint density at radius 1 is 1.39 bits per heavy atom. The molecule has 0 aliphatic heterocycles. The molecule has 0 aliphatic rings. The fraction of sp³-hybridized carbons (Fsp3) is 0.333. The highest BCUT2D eigenvalue weighted by atomic mass is 32.2. The lowest BCUT2D eigenvalue weighted by atomic mass is 10.3. The summed E-state index contributed by atoms with van der Waals surface area (Å²) in [5, 5.41) is 14.0. The first kappa shape index (κ1) is 14.5. The van der Waals surface area contributed by atoms with Crippen LogP contribution in [0.1, 0.15) is 6.92 Å². The van der Waals surface area contributed by atoms with Crippen molar-refractivity contribution in [1.82, 2.24) is 5.32 Å². The number of amides is 1. The molecule has 0 spiro atoms. The molecule has 0 aromatic heterocycles. The van der Waals surface area contributed by atoms with Crippen molar-refractivity contribution < 1.29 is 14.7 Å². The zero-order valence-corrected chi connectivity index (χ0v) is 11.1. The summed E-state index contributed by atoms with van der Waals surface area (Å²) >= 11 is 1.54. The summed E-state index contributed by atoms with van der Waals surface area (Å²) in [6.07, 6.45) is 1.93. The van der Waals surface area contributed by atoms with Crippen molar-refractivity contribution in [2.75, 3.05) is 18.1 Å². The van der Waals surface area contributed by atoms with E-state index in [0.717, 1.165) is 10.6 Å². The lowest BCUT2D eigenvalue weighted by molar-refractivity contribution is -0.139. The Hall–Kier alpha value is -1.53. The van der Waals surface area contributed by atoms with Gasteiger partial charge in [0.25, 0.3) is 0 Å². The molecule has 1 amide bonds. The van der Waals surface area contributed by atoms with Gasteiger partial charge in [-0.05, 0) is 25.3 Å². The van der Waals surface area contributed by atoms with E-state index in [4.69, 9.17) is 5.11 Å². The number of para-hydroxylation sites is 1. The maximum Gasteiger partial charge on any atom is 0.320 e. The number of benzene rings is 1. The molecule has 1 rings (SSSR count). The highest BCUT2D eigenvalue weighted by molar-refractivity contribution is 7.98. The zero-order chi connectivity index (χ0) is 13.5. The molecule has 1 atom stereocenters. The van der Waals surface area contributed by atoms with Crippen molar-refractivity contribution in [3.63, 3.8) is 0 Å². The molecule has 0 saturated heterocycles. The summed E-state index contributed by atoms with van der Waals surface area (Å²) in [6, 6.07) is 6.71. The van der Waals surface area contributed by atoms with Gasteiger partial charge in [0.15, 0.2) is 0 Å². The summed E-state index contributed by atoms with van der Waals surface area (Å²) in [5.41, 5.74) is 0.736. The van der Waals surface area contributed by atoms with Gasteiger partial charge < -0.3 is 10.4 Å². The first-order valence-corrected chi connectivity index (χ1v) is 6.66. The zero-order valence-electron chi connectivity index (χ0n) is 10.3. The van der Waals surface area contributed by atoms with Crippen molar-refractivity contribution in [3.05, 3.63) is 24.3 Å². The van der Waals surface area contributed by atoms with Crippen LogP contribution in [0.3, 0.4) is 0 Å². The number of anilines is 1. The van der Waals surface area contributed by atoms with E-state index < -0.39 is 12.0 Å². The van der Waals surface area contributed by atoms with Crippen LogP contribution in [-0.2, 0) is 9.59 Å². The summed E-state index contributed by atoms with van der Waals surface area (Å²) in [7, 11) is 0. The van der Waals surface area contributed by atoms with Gasteiger partial charge in [-0.25, -0.2) is 0 Å². The monoisotopic (exact) mass is 268 g/mol. The van der Waals surface area contributed by atoms with Crippen molar-refractivity contribution in [1.29, 1.82) is 0 Å². The summed E-state index contributed by atoms with van der Waals surface area (Å²) < 4.78 is 0. The molecule has 1 aromatic rings. The first-order valence-electron chi connectivity index (χ1n) is 5.43. The lowest BCUT2D eigenvalue weighted by Crippen LogP contribution is -2.39. The number of rotatable bonds is 6. The van der Waals surface area contributed by atoms with Crippen LogP contribution in [0.15, 0.2) is 29.2 Å². The Labute approximate surface area is 110 Å². The number of thioether (sulfide) groups is 1. The second kappa shape index (κ2) is 7.03. The third-order valence-electron chi connectivity index (χ3n) is 2.32. The fourth-order valence-electron chi connectivity index (χ4n) is 1.28.